The summed E-state index contributed by atoms with van der Waals surface area (Å²) < 4.78 is 5.21. The summed E-state index contributed by atoms with van der Waals surface area (Å²) >= 11 is 5.84. The molecule has 0 saturated carbocycles. The molecule has 130 valence electrons. The van der Waals surface area contributed by atoms with Crippen LogP contribution in [0.25, 0.3) is 0 Å². The highest BCUT2D eigenvalue weighted by Crippen LogP contribution is 2.25. The Morgan fingerprint density at radius 3 is 2.60 bits per heavy atom. The van der Waals surface area contributed by atoms with Crippen LogP contribution in [0.1, 0.15) is 41.6 Å². The van der Waals surface area contributed by atoms with Gasteiger partial charge in [0.05, 0.1) is 19.2 Å². The van der Waals surface area contributed by atoms with Gasteiger partial charge in [-0.25, -0.2) is 4.98 Å². The second kappa shape index (κ2) is 8.17. The number of nitrogens with zero attached hydrogens (tertiary/aromatic N) is 2. The second-order valence-electron chi connectivity index (χ2n) is 6.05. The van der Waals surface area contributed by atoms with E-state index < -0.39 is 0 Å². The number of aromatic nitrogens is 1. The summed E-state index contributed by atoms with van der Waals surface area (Å²) in [5.41, 5.74) is 2.69. The lowest BCUT2D eigenvalue weighted by atomic mass is 10.0. The number of carbonyl (C=O) groups excluding carboxylic acids is 1. The number of benzene rings is 1. The van der Waals surface area contributed by atoms with Gasteiger partial charge in [-0.3, -0.25) is 4.79 Å². The van der Waals surface area contributed by atoms with Crippen molar-refractivity contribution in [3.8, 4) is 5.75 Å². The monoisotopic (exact) mass is 356 g/mol. The highest BCUT2D eigenvalue weighted by atomic mass is 35.5. The molecule has 1 aromatic carbocycles. The van der Waals surface area contributed by atoms with E-state index in [1.165, 1.54) is 12.6 Å². The van der Waals surface area contributed by atoms with E-state index in [0.29, 0.717) is 17.3 Å². The van der Waals surface area contributed by atoms with Crippen molar-refractivity contribution in [2.24, 2.45) is 0 Å². The first kappa shape index (κ1) is 17.5. The van der Waals surface area contributed by atoms with Gasteiger partial charge in [-0.15, -0.1) is 0 Å². The molecule has 0 spiro atoms. The minimum absolute atomic E-state index is 0.0480. The van der Waals surface area contributed by atoms with Crippen molar-refractivity contribution >= 4 is 17.5 Å². The van der Waals surface area contributed by atoms with Crippen LogP contribution in [0.5, 0.6) is 5.75 Å². The molecule has 0 atom stereocenters. The molecule has 5 heteroatoms. The largest absolute Gasteiger partial charge is 0.497 e. The molecule has 1 aliphatic carbocycles. The topological polar surface area (TPSA) is 42.4 Å². The summed E-state index contributed by atoms with van der Waals surface area (Å²) in [6, 6.07) is 11.2. The van der Waals surface area contributed by atoms with Crippen molar-refractivity contribution in [3.63, 3.8) is 0 Å². The van der Waals surface area contributed by atoms with Gasteiger partial charge in [0, 0.05) is 11.9 Å². The molecule has 3 rings (SSSR count). The molecular formula is C20H21ClN2O2. The van der Waals surface area contributed by atoms with Gasteiger partial charge >= 0.3 is 0 Å². The summed E-state index contributed by atoms with van der Waals surface area (Å²) in [6.07, 6.45) is 7.93. The van der Waals surface area contributed by atoms with Gasteiger partial charge in [0.25, 0.3) is 5.91 Å². The fraction of sp³-hybridized carbons (Fsp3) is 0.300. The molecule has 4 nitrogen and oxygen atoms in total. The summed E-state index contributed by atoms with van der Waals surface area (Å²) in [4.78, 5) is 19.0. The molecule has 1 aromatic heterocycles. The standard InChI is InChI=1S/C20H21ClN2O2/c1-25-18-10-7-15(8-11-18)14-23(17-5-3-2-4-6-17)20(24)16-9-12-19(21)22-13-16/h5,7-13H,2-4,6,14H2,1H3. The number of hydrogen-bond donors (Lipinski definition) is 0. The van der Waals surface area contributed by atoms with Gasteiger partial charge in [0.1, 0.15) is 10.9 Å². The lowest BCUT2D eigenvalue weighted by Gasteiger charge is -2.28. The SMILES string of the molecule is COc1ccc(CN(C(=O)c2ccc(Cl)nc2)C2=CCCCC2)cc1. The molecular weight excluding hydrogens is 336 g/mol. The zero-order valence-electron chi connectivity index (χ0n) is 14.2. The van der Waals surface area contributed by atoms with Gasteiger partial charge in [-0.1, -0.05) is 29.8 Å². The number of allylic oxidation sites excluding steroid dienone is 2. The molecule has 0 unspecified atom stereocenters. The quantitative estimate of drug-likeness (QED) is 0.719. The van der Waals surface area contributed by atoms with Crippen LogP contribution in [0.2, 0.25) is 5.15 Å². The molecule has 0 N–H and O–H groups in total. The van der Waals surface area contributed by atoms with E-state index in [1.54, 1.807) is 19.2 Å². The summed E-state index contributed by atoms with van der Waals surface area (Å²) in [5, 5.41) is 0.384. The Morgan fingerprint density at radius 1 is 1.20 bits per heavy atom. The number of rotatable bonds is 5. The third-order valence-electron chi connectivity index (χ3n) is 4.33. The smallest absolute Gasteiger partial charge is 0.259 e. The maximum absolute atomic E-state index is 13.1. The van der Waals surface area contributed by atoms with Crippen molar-refractivity contribution in [1.82, 2.24) is 9.88 Å². The normalized spacial score (nSPS) is 13.9. The fourth-order valence-corrected chi connectivity index (χ4v) is 3.05. The highest BCUT2D eigenvalue weighted by Gasteiger charge is 2.21. The fourth-order valence-electron chi connectivity index (χ4n) is 2.94. The van der Waals surface area contributed by atoms with E-state index in [9.17, 15) is 4.79 Å². The van der Waals surface area contributed by atoms with Crippen LogP contribution in [0.4, 0.5) is 0 Å². The molecule has 0 fully saturated rings. The molecule has 0 radical (unpaired) electrons. The maximum Gasteiger partial charge on any atom is 0.259 e. The van der Waals surface area contributed by atoms with Gasteiger partial charge in [-0.05, 0) is 55.5 Å². The lowest BCUT2D eigenvalue weighted by molar-refractivity contribution is 0.0787. The number of amides is 1. The van der Waals surface area contributed by atoms with E-state index >= 15 is 0 Å². The Hall–Kier alpha value is -2.33. The number of carbonyl (C=O) groups is 1. The van der Waals surface area contributed by atoms with Crippen molar-refractivity contribution < 1.29 is 9.53 Å². The van der Waals surface area contributed by atoms with E-state index in [-0.39, 0.29) is 5.91 Å². The Morgan fingerprint density at radius 2 is 2.00 bits per heavy atom. The number of pyridine rings is 1. The molecule has 0 aliphatic heterocycles. The maximum atomic E-state index is 13.1. The number of halogens is 1. The van der Waals surface area contributed by atoms with E-state index in [2.05, 4.69) is 11.1 Å². The molecule has 0 bridgehead atoms. The Bertz CT molecular complexity index is 754. The van der Waals surface area contributed by atoms with E-state index in [0.717, 1.165) is 36.3 Å². The first-order chi connectivity index (χ1) is 12.2. The van der Waals surface area contributed by atoms with Crippen molar-refractivity contribution in [2.45, 2.75) is 32.2 Å². The van der Waals surface area contributed by atoms with Crippen LogP contribution in [0.3, 0.4) is 0 Å². The average molecular weight is 357 g/mol. The Kier molecular flexibility index (Phi) is 5.71. The van der Waals surface area contributed by atoms with Crippen LogP contribution < -0.4 is 4.74 Å². The van der Waals surface area contributed by atoms with Crippen molar-refractivity contribution in [2.75, 3.05) is 7.11 Å². The zero-order chi connectivity index (χ0) is 17.6. The molecule has 1 amide bonds. The van der Waals surface area contributed by atoms with Crippen LogP contribution in [0, 0.1) is 0 Å². The molecule has 2 aromatic rings. The first-order valence-electron chi connectivity index (χ1n) is 8.43. The van der Waals surface area contributed by atoms with Gasteiger partial charge in [-0.2, -0.15) is 0 Å². The van der Waals surface area contributed by atoms with Crippen LogP contribution >= 0.6 is 11.6 Å². The zero-order valence-corrected chi connectivity index (χ0v) is 15.0. The lowest BCUT2D eigenvalue weighted by Crippen LogP contribution is -2.30. The first-order valence-corrected chi connectivity index (χ1v) is 8.80. The van der Waals surface area contributed by atoms with Crippen LogP contribution in [-0.2, 0) is 6.54 Å². The van der Waals surface area contributed by atoms with Crippen molar-refractivity contribution in [1.29, 1.82) is 0 Å². The second-order valence-corrected chi connectivity index (χ2v) is 6.44. The molecule has 1 heterocycles. The number of methoxy groups -OCH3 is 1. The third kappa shape index (κ3) is 4.40. The predicted molar refractivity (Wildman–Crippen MR) is 98.7 cm³/mol. The summed E-state index contributed by atoms with van der Waals surface area (Å²) in [5.74, 6) is 0.758. The molecule has 0 saturated heterocycles. The average Bonchev–Trinajstić information content (AvgIpc) is 2.67. The van der Waals surface area contributed by atoms with Crippen molar-refractivity contribution in [3.05, 3.63) is 70.6 Å². The number of hydrogen-bond acceptors (Lipinski definition) is 3. The van der Waals surface area contributed by atoms with Gasteiger partial charge in [0.15, 0.2) is 0 Å². The van der Waals surface area contributed by atoms with E-state index in [4.69, 9.17) is 16.3 Å². The summed E-state index contributed by atoms with van der Waals surface area (Å²) in [7, 11) is 1.64. The summed E-state index contributed by atoms with van der Waals surface area (Å²) in [6.45, 7) is 0.525. The van der Waals surface area contributed by atoms with E-state index in [1.807, 2.05) is 29.2 Å². The minimum atomic E-state index is -0.0480. The molecule has 1 aliphatic rings. The highest BCUT2D eigenvalue weighted by molar-refractivity contribution is 6.29. The Labute approximate surface area is 153 Å². The van der Waals surface area contributed by atoms with Crippen LogP contribution in [-0.4, -0.2) is 22.9 Å². The predicted octanol–water partition coefficient (Wildman–Crippen LogP) is 4.84. The minimum Gasteiger partial charge on any atom is -0.497 e. The van der Waals surface area contributed by atoms with Gasteiger partial charge in [0.2, 0.25) is 0 Å². The molecule has 25 heavy (non-hydrogen) atoms. The Balaban J connectivity index is 1.87. The third-order valence-corrected chi connectivity index (χ3v) is 4.56. The number of ether oxygens (including phenoxy) is 1. The van der Waals surface area contributed by atoms with Gasteiger partial charge < -0.3 is 9.64 Å². The van der Waals surface area contributed by atoms with Crippen LogP contribution in [0.15, 0.2) is 54.4 Å².